The Labute approximate surface area is 113 Å². The zero-order valence-electron chi connectivity index (χ0n) is 9.08. The molecule has 0 saturated heterocycles. The number of rotatable bonds is 4. The maximum atomic E-state index is 5.81. The van der Waals surface area contributed by atoms with E-state index in [2.05, 4.69) is 25.9 Å². The highest BCUT2D eigenvalue weighted by molar-refractivity contribution is 9.10. The molecule has 88 valence electrons. The lowest BCUT2D eigenvalue weighted by molar-refractivity contribution is 0.925. The summed E-state index contributed by atoms with van der Waals surface area (Å²) in [6.45, 7) is 0.555. The Balaban J connectivity index is 2.19. The van der Waals surface area contributed by atoms with Crippen molar-refractivity contribution in [3.63, 3.8) is 0 Å². The first-order chi connectivity index (χ1) is 8.31. The molecule has 17 heavy (non-hydrogen) atoms. The molecule has 0 radical (unpaired) electrons. The van der Waals surface area contributed by atoms with Gasteiger partial charge in [-0.3, -0.25) is 4.98 Å². The molecule has 3 nitrogen and oxygen atoms in total. The van der Waals surface area contributed by atoms with Crippen LogP contribution in [-0.2, 0) is 0 Å². The molecule has 1 atom stereocenters. The Morgan fingerprint density at radius 3 is 2.76 bits per heavy atom. The molecular formula is C12H12BrN3S. The van der Waals surface area contributed by atoms with Gasteiger partial charge in [0, 0.05) is 34.9 Å². The third kappa shape index (κ3) is 3.28. The van der Waals surface area contributed by atoms with Crippen LogP contribution in [0.25, 0.3) is 0 Å². The van der Waals surface area contributed by atoms with Crippen LogP contribution >= 0.6 is 27.7 Å². The van der Waals surface area contributed by atoms with E-state index in [0.717, 1.165) is 15.1 Å². The highest BCUT2D eigenvalue weighted by Gasteiger charge is 2.13. The maximum absolute atomic E-state index is 5.81. The summed E-state index contributed by atoms with van der Waals surface area (Å²) in [5, 5.41) is 1.13. The Bertz CT molecular complexity index is 478. The summed E-state index contributed by atoms with van der Waals surface area (Å²) in [5.74, 6) is 0. The van der Waals surface area contributed by atoms with E-state index in [4.69, 9.17) is 5.73 Å². The van der Waals surface area contributed by atoms with E-state index in [9.17, 15) is 0 Å². The highest BCUT2D eigenvalue weighted by Crippen LogP contribution is 2.36. The van der Waals surface area contributed by atoms with Crippen LogP contribution in [0.3, 0.4) is 0 Å². The van der Waals surface area contributed by atoms with Gasteiger partial charge in [-0.05, 0) is 39.7 Å². The van der Waals surface area contributed by atoms with Gasteiger partial charge in [-0.25, -0.2) is 4.98 Å². The molecule has 0 aliphatic heterocycles. The third-order valence-corrected chi connectivity index (χ3v) is 4.45. The van der Waals surface area contributed by atoms with Gasteiger partial charge in [-0.2, -0.15) is 0 Å². The lowest BCUT2D eigenvalue weighted by Crippen LogP contribution is -2.09. The standard InChI is InChI=1S/C12H12BrN3S/c13-10-4-2-6-16-12(10)17-11(7-14)9-3-1-5-15-8-9/h1-6,8,11H,7,14H2. The predicted molar refractivity (Wildman–Crippen MR) is 73.8 cm³/mol. The molecule has 0 aliphatic rings. The van der Waals surface area contributed by atoms with Gasteiger partial charge in [-0.15, -0.1) is 0 Å². The molecule has 0 amide bonds. The number of nitrogens with two attached hydrogens (primary N) is 1. The fraction of sp³-hybridized carbons (Fsp3) is 0.167. The molecule has 0 fully saturated rings. The van der Waals surface area contributed by atoms with Gasteiger partial charge >= 0.3 is 0 Å². The SMILES string of the molecule is NCC(Sc1ncccc1Br)c1cccnc1. The van der Waals surface area contributed by atoms with Crippen molar-refractivity contribution >= 4 is 27.7 Å². The van der Waals surface area contributed by atoms with Crippen LogP contribution in [-0.4, -0.2) is 16.5 Å². The van der Waals surface area contributed by atoms with Gasteiger partial charge in [0.15, 0.2) is 0 Å². The molecule has 2 aromatic heterocycles. The number of halogens is 1. The van der Waals surface area contributed by atoms with E-state index in [0.29, 0.717) is 6.54 Å². The maximum Gasteiger partial charge on any atom is 0.111 e. The first kappa shape index (κ1) is 12.5. The zero-order chi connectivity index (χ0) is 12.1. The summed E-state index contributed by atoms with van der Waals surface area (Å²) in [4.78, 5) is 8.45. The quantitative estimate of drug-likeness (QED) is 0.882. The summed E-state index contributed by atoms with van der Waals surface area (Å²) in [7, 11) is 0. The summed E-state index contributed by atoms with van der Waals surface area (Å²) in [5.41, 5.74) is 6.93. The second-order valence-corrected chi connectivity index (χ2v) is 5.46. The van der Waals surface area contributed by atoms with Crippen molar-refractivity contribution in [3.8, 4) is 0 Å². The number of hydrogen-bond acceptors (Lipinski definition) is 4. The lowest BCUT2D eigenvalue weighted by atomic mass is 10.2. The molecule has 0 spiro atoms. The van der Waals surface area contributed by atoms with Crippen LogP contribution in [0.2, 0.25) is 0 Å². The topological polar surface area (TPSA) is 51.8 Å². The van der Waals surface area contributed by atoms with E-state index in [1.807, 2.05) is 30.5 Å². The molecule has 0 aliphatic carbocycles. The molecule has 1 unspecified atom stereocenters. The minimum absolute atomic E-state index is 0.176. The van der Waals surface area contributed by atoms with Crippen LogP contribution in [0.15, 0.2) is 52.4 Å². The molecule has 2 rings (SSSR count). The van der Waals surface area contributed by atoms with Crippen LogP contribution in [0.1, 0.15) is 10.8 Å². The van der Waals surface area contributed by atoms with Crippen molar-refractivity contribution in [1.29, 1.82) is 0 Å². The van der Waals surface area contributed by atoms with Gasteiger partial charge in [-0.1, -0.05) is 17.8 Å². The number of thioether (sulfide) groups is 1. The summed E-state index contributed by atoms with van der Waals surface area (Å²) in [6.07, 6.45) is 5.39. The molecule has 2 aromatic rings. The van der Waals surface area contributed by atoms with Crippen LogP contribution in [0.5, 0.6) is 0 Å². The van der Waals surface area contributed by atoms with Gasteiger partial charge in [0.05, 0.1) is 0 Å². The molecule has 2 N–H and O–H groups in total. The number of aromatic nitrogens is 2. The first-order valence-corrected chi connectivity index (χ1v) is 6.85. The number of pyridine rings is 2. The predicted octanol–water partition coefficient (Wildman–Crippen LogP) is 3.03. The molecule has 5 heteroatoms. The van der Waals surface area contributed by atoms with E-state index in [-0.39, 0.29) is 5.25 Å². The average Bonchev–Trinajstić information content (AvgIpc) is 2.39. The van der Waals surface area contributed by atoms with Crippen LogP contribution in [0, 0.1) is 0 Å². The van der Waals surface area contributed by atoms with Gasteiger partial charge < -0.3 is 5.73 Å². The molecule has 0 saturated carbocycles. The van der Waals surface area contributed by atoms with Gasteiger partial charge in [0.2, 0.25) is 0 Å². The zero-order valence-corrected chi connectivity index (χ0v) is 11.5. The number of hydrogen-bond donors (Lipinski definition) is 1. The van der Waals surface area contributed by atoms with Gasteiger partial charge in [0.1, 0.15) is 5.03 Å². The normalized spacial score (nSPS) is 12.4. The Hall–Kier alpha value is -0.910. The second kappa shape index (κ2) is 6.14. The smallest absolute Gasteiger partial charge is 0.111 e. The monoisotopic (exact) mass is 309 g/mol. The van der Waals surface area contributed by atoms with Crippen molar-refractivity contribution in [2.45, 2.75) is 10.3 Å². The fourth-order valence-electron chi connectivity index (χ4n) is 1.41. The van der Waals surface area contributed by atoms with Crippen molar-refractivity contribution in [2.75, 3.05) is 6.54 Å². The van der Waals surface area contributed by atoms with E-state index < -0.39 is 0 Å². The summed E-state index contributed by atoms with van der Waals surface area (Å²) < 4.78 is 0.993. The van der Waals surface area contributed by atoms with E-state index in [1.165, 1.54) is 0 Å². The fourth-order valence-corrected chi connectivity index (χ4v) is 2.89. The lowest BCUT2D eigenvalue weighted by Gasteiger charge is -2.14. The Morgan fingerprint density at radius 1 is 1.29 bits per heavy atom. The molecule has 2 heterocycles. The second-order valence-electron chi connectivity index (χ2n) is 3.42. The van der Waals surface area contributed by atoms with Crippen molar-refractivity contribution < 1.29 is 0 Å². The van der Waals surface area contributed by atoms with Crippen molar-refractivity contribution in [2.24, 2.45) is 5.73 Å². The van der Waals surface area contributed by atoms with Gasteiger partial charge in [0.25, 0.3) is 0 Å². The third-order valence-electron chi connectivity index (χ3n) is 2.25. The average molecular weight is 310 g/mol. The largest absolute Gasteiger partial charge is 0.329 e. The van der Waals surface area contributed by atoms with E-state index >= 15 is 0 Å². The molecule has 0 bridgehead atoms. The Kier molecular flexibility index (Phi) is 4.53. The first-order valence-electron chi connectivity index (χ1n) is 5.18. The highest BCUT2D eigenvalue weighted by atomic mass is 79.9. The van der Waals surface area contributed by atoms with Crippen molar-refractivity contribution in [3.05, 3.63) is 52.9 Å². The molecular weight excluding hydrogens is 298 g/mol. The molecule has 0 aromatic carbocycles. The van der Waals surface area contributed by atoms with E-state index in [1.54, 1.807) is 24.2 Å². The Morgan fingerprint density at radius 2 is 2.12 bits per heavy atom. The van der Waals surface area contributed by atoms with Crippen LogP contribution in [0.4, 0.5) is 0 Å². The minimum Gasteiger partial charge on any atom is -0.329 e. The van der Waals surface area contributed by atoms with Crippen molar-refractivity contribution in [1.82, 2.24) is 9.97 Å². The van der Waals surface area contributed by atoms with Crippen LogP contribution < -0.4 is 5.73 Å². The number of nitrogens with zero attached hydrogens (tertiary/aromatic N) is 2. The summed E-state index contributed by atoms with van der Waals surface area (Å²) >= 11 is 5.13. The minimum atomic E-state index is 0.176. The summed E-state index contributed by atoms with van der Waals surface area (Å²) in [6, 6.07) is 7.84.